The molecule has 0 bridgehead atoms. The Morgan fingerprint density at radius 2 is 1.88 bits per heavy atom. The van der Waals surface area contributed by atoms with Gasteiger partial charge >= 0.3 is 0 Å². The molecule has 0 radical (unpaired) electrons. The largest absolute Gasteiger partial charge is 0.243 e. The standard InChI is InChI=1S/C12H16ClNO2S/c1-14(11-3-2-4-11)17(15,16)12-7-5-10(9-13)6-8-12/h5-8,11H,2-4,9H2,1H3. The van der Waals surface area contributed by atoms with Crippen LogP contribution < -0.4 is 0 Å². The first kappa shape index (κ1) is 12.9. The topological polar surface area (TPSA) is 37.4 Å². The molecule has 1 aromatic carbocycles. The Kier molecular flexibility index (Phi) is 3.76. The average molecular weight is 274 g/mol. The second-order valence-corrected chi connectivity index (χ2v) is 6.65. The normalized spacial score (nSPS) is 17.1. The molecule has 1 saturated carbocycles. The Bertz CT molecular complexity index is 480. The van der Waals surface area contributed by atoms with E-state index < -0.39 is 10.0 Å². The Hall–Kier alpha value is -0.580. The van der Waals surface area contributed by atoms with Crippen molar-refractivity contribution in [2.75, 3.05) is 7.05 Å². The zero-order valence-corrected chi connectivity index (χ0v) is 11.3. The zero-order valence-electron chi connectivity index (χ0n) is 9.77. The molecule has 0 amide bonds. The summed E-state index contributed by atoms with van der Waals surface area (Å²) in [7, 11) is -1.67. The van der Waals surface area contributed by atoms with E-state index in [-0.39, 0.29) is 6.04 Å². The smallest absolute Gasteiger partial charge is 0.207 e. The van der Waals surface area contributed by atoms with Crippen molar-refractivity contribution >= 4 is 21.6 Å². The van der Waals surface area contributed by atoms with E-state index in [1.807, 2.05) is 0 Å². The number of alkyl halides is 1. The average Bonchev–Trinajstić information content (AvgIpc) is 2.27. The van der Waals surface area contributed by atoms with Gasteiger partial charge in [0.15, 0.2) is 0 Å². The van der Waals surface area contributed by atoms with Gasteiger partial charge in [-0.15, -0.1) is 11.6 Å². The Morgan fingerprint density at radius 3 is 2.29 bits per heavy atom. The van der Waals surface area contributed by atoms with Crippen LogP contribution in [0.15, 0.2) is 29.2 Å². The molecule has 0 aliphatic heterocycles. The van der Waals surface area contributed by atoms with E-state index in [2.05, 4.69) is 0 Å². The van der Waals surface area contributed by atoms with Crippen LogP contribution in [-0.4, -0.2) is 25.8 Å². The van der Waals surface area contributed by atoms with Gasteiger partial charge in [-0.05, 0) is 30.5 Å². The lowest BCUT2D eigenvalue weighted by atomic mass is 9.94. The Balaban J connectivity index is 2.23. The predicted octanol–water partition coefficient (Wildman–Crippen LogP) is 2.60. The van der Waals surface area contributed by atoms with Gasteiger partial charge in [0.25, 0.3) is 0 Å². The van der Waals surface area contributed by atoms with Crippen LogP contribution in [0.5, 0.6) is 0 Å². The third kappa shape index (κ3) is 2.49. The lowest BCUT2D eigenvalue weighted by molar-refractivity contribution is 0.249. The van der Waals surface area contributed by atoms with Crippen molar-refractivity contribution in [1.82, 2.24) is 4.31 Å². The van der Waals surface area contributed by atoms with Crippen molar-refractivity contribution in [3.05, 3.63) is 29.8 Å². The van der Waals surface area contributed by atoms with Gasteiger partial charge in [-0.3, -0.25) is 0 Å². The van der Waals surface area contributed by atoms with E-state index in [1.54, 1.807) is 31.3 Å². The highest BCUT2D eigenvalue weighted by molar-refractivity contribution is 7.89. The van der Waals surface area contributed by atoms with Crippen molar-refractivity contribution < 1.29 is 8.42 Å². The van der Waals surface area contributed by atoms with E-state index in [1.165, 1.54) is 4.31 Å². The number of benzene rings is 1. The summed E-state index contributed by atoms with van der Waals surface area (Å²) in [6.45, 7) is 0. The number of nitrogens with zero attached hydrogens (tertiary/aromatic N) is 1. The second-order valence-electron chi connectivity index (χ2n) is 4.38. The summed E-state index contributed by atoms with van der Waals surface area (Å²) >= 11 is 5.68. The maximum atomic E-state index is 12.3. The summed E-state index contributed by atoms with van der Waals surface area (Å²) in [5, 5.41) is 0. The molecule has 0 saturated heterocycles. The molecule has 2 rings (SSSR count). The third-order valence-electron chi connectivity index (χ3n) is 3.34. The number of hydrogen-bond acceptors (Lipinski definition) is 2. The van der Waals surface area contributed by atoms with Crippen molar-refractivity contribution in [2.24, 2.45) is 0 Å². The fourth-order valence-corrected chi connectivity index (χ4v) is 3.46. The molecule has 3 nitrogen and oxygen atoms in total. The minimum Gasteiger partial charge on any atom is -0.207 e. The molecule has 0 unspecified atom stereocenters. The van der Waals surface area contributed by atoms with E-state index in [4.69, 9.17) is 11.6 Å². The first-order chi connectivity index (χ1) is 8.05. The van der Waals surface area contributed by atoms with Gasteiger partial charge in [0.1, 0.15) is 0 Å². The number of sulfonamides is 1. The summed E-state index contributed by atoms with van der Waals surface area (Å²) in [6.07, 6.45) is 3.06. The van der Waals surface area contributed by atoms with Crippen LogP contribution in [0.1, 0.15) is 24.8 Å². The predicted molar refractivity (Wildman–Crippen MR) is 68.6 cm³/mol. The second kappa shape index (κ2) is 4.96. The van der Waals surface area contributed by atoms with Crippen molar-refractivity contribution in [2.45, 2.75) is 36.1 Å². The van der Waals surface area contributed by atoms with E-state index in [0.717, 1.165) is 24.8 Å². The van der Waals surface area contributed by atoms with Crippen LogP contribution in [0.2, 0.25) is 0 Å². The molecule has 1 aromatic rings. The lowest BCUT2D eigenvalue weighted by Crippen LogP contribution is -2.41. The van der Waals surface area contributed by atoms with E-state index in [0.29, 0.717) is 10.8 Å². The van der Waals surface area contributed by atoms with Gasteiger partial charge in [-0.2, -0.15) is 4.31 Å². The Morgan fingerprint density at radius 1 is 1.29 bits per heavy atom. The highest BCUT2D eigenvalue weighted by Gasteiger charge is 2.31. The molecule has 1 aliphatic rings. The first-order valence-corrected chi connectivity index (χ1v) is 7.66. The summed E-state index contributed by atoms with van der Waals surface area (Å²) in [6, 6.07) is 6.95. The van der Waals surface area contributed by atoms with Gasteiger partial charge in [0.2, 0.25) is 10.0 Å². The van der Waals surface area contributed by atoms with Gasteiger partial charge < -0.3 is 0 Å². The van der Waals surface area contributed by atoms with Gasteiger partial charge in [0.05, 0.1) is 4.90 Å². The van der Waals surface area contributed by atoms with Crippen LogP contribution in [0, 0.1) is 0 Å². The van der Waals surface area contributed by atoms with Crippen LogP contribution in [0.4, 0.5) is 0 Å². The molecule has 1 aliphatic carbocycles. The fourth-order valence-electron chi connectivity index (χ4n) is 1.86. The summed E-state index contributed by atoms with van der Waals surface area (Å²) in [5.74, 6) is 0.402. The molecule has 0 aromatic heterocycles. The van der Waals surface area contributed by atoms with Crippen molar-refractivity contribution in [3.8, 4) is 0 Å². The SMILES string of the molecule is CN(C1CCC1)S(=O)(=O)c1ccc(CCl)cc1. The highest BCUT2D eigenvalue weighted by Crippen LogP contribution is 2.28. The quantitative estimate of drug-likeness (QED) is 0.791. The van der Waals surface area contributed by atoms with Gasteiger partial charge in [0, 0.05) is 19.0 Å². The van der Waals surface area contributed by atoms with Crippen molar-refractivity contribution in [3.63, 3.8) is 0 Å². The molecule has 0 spiro atoms. The molecule has 5 heteroatoms. The summed E-state index contributed by atoms with van der Waals surface area (Å²) in [5.41, 5.74) is 0.928. The van der Waals surface area contributed by atoms with E-state index >= 15 is 0 Å². The molecule has 0 heterocycles. The molecule has 17 heavy (non-hydrogen) atoms. The summed E-state index contributed by atoms with van der Waals surface area (Å²) < 4.78 is 26.0. The number of rotatable bonds is 4. The monoisotopic (exact) mass is 273 g/mol. The molecular weight excluding hydrogens is 258 g/mol. The minimum atomic E-state index is -3.33. The summed E-state index contributed by atoms with van der Waals surface area (Å²) in [4.78, 5) is 0.348. The van der Waals surface area contributed by atoms with Crippen LogP contribution >= 0.6 is 11.6 Å². The maximum absolute atomic E-state index is 12.3. The number of halogens is 1. The van der Waals surface area contributed by atoms with Crippen LogP contribution in [0.25, 0.3) is 0 Å². The highest BCUT2D eigenvalue weighted by atomic mass is 35.5. The van der Waals surface area contributed by atoms with Gasteiger partial charge in [-0.25, -0.2) is 8.42 Å². The third-order valence-corrected chi connectivity index (χ3v) is 5.58. The molecular formula is C12H16ClNO2S. The first-order valence-electron chi connectivity index (χ1n) is 5.68. The fraction of sp³-hybridized carbons (Fsp3) is 0.500. The minimum absolute atomic E-state index is 0.174. The van der Waals surface area contributed by atoms with Crippen molar-refractivity contribution in [1.29, 1.82) is 0 Å². The number of hydrogen-bond donors (Lipinski definition) is 0. The zero-order chi connectivity index (χ0) is 12.5. The lowest BCUT2D eigenvalue weighted by Gasteiger charge is -2.33. The molecule has 94 valence electrons. The van der Waals surface area contributed by atoms with E-state index in [9.17, 15) is 8.42 Å². The Labute approximate surface area is 107 Å². The molecule has 0 N–H and O–H groups in total. The molecule has 0 atom stereocenters. The van der Waals surface area contributed by atoms with Crippen LogP contribution in [-0.2, 0) is 15.9 Å². The molecule has 1 fully saturated rings. The van der Waals surface area contributed by atoms with Crippen LogP contribution in [0.3, 0.4) is 0 Å². The van der Waals surface area contributed by atoms with Gasteiger partial charge in [-0.1, -0.05) is 18.6 Å². The maximum Gasteiger partial charge on any atom is 0.243 e.